The molecule has 5 aromatic rings. The van der Waals surface area contributed by atoms with Crippen LogP contribution in [0.1, 0.15) is 27.4 Å². The van der Waals surface area contributed by atoms with Gasteiger partial charge in [0, 0.05) is 46.7 Å². The number of amides is 1. The first-order chi connectivity index (χ1) is 16.1. The van der Waals surface area contributed by atoms with Gasteiger partial charge in [-0.25, -0.2) is 14.4 Å². The maximum atomic E-state index is 14.5. The molecule has 33 heavy (non-hydrogen) atoms. The molecule has 0 aliphatic carbocycles. The van der Waals surface area contributed by atoms with Crippen LogP contribution in [0.15, 0.2) is 75.3 Å². The summed E-state index contributed by atoms with van der Waals surface area (Å²) in [6, 6.07) is 12.4. The average molecular weight is 479 g/mol. The second-order valence-corrected chi connectivity index (χ2v) is 9.47. The van der Waals surface area contributed by atoms with Gasteiger partial charge in [0.2, 0.25) is 0 Å². The fraction of sp³-hybridized carbons (Fsp3) is 0.125. The highest BCUT2D eigenvalue weighted by Gasteiger charge is 2.21. The number of benzene rings is 2. The van der Waals surface area contributed by atoms with Gasteiger partial charge in [-0.1, -0.05) is 36.0 Å². The molecule has 3 heterocycles. The van der Waals surface area contributed by atoms with Gasteiger partial charge in [-0.15, -0.1) is 11.3 Å². The van der Waals surface area contributed by atoms with Crippen LogP contribution in [-0.2, 0) is 12.3 Å². The number of thioether (sulfide) groups is 1. The minimum atomic E-state index is -0.390. The van der Waals surface area contributed by atoms with Gasteiger partial charge >= 0.3 is 0 Å². The highest BCUT2D eigenvalue weighted by Crippen LogP contribution is 2.33. The van der Waals surface area contributed by atoms with Crippen LogP contribution in [0.25, 0.3) is 16.7 Å². The SMILES string of the molecule is Cc1csc(SCc2c(C(=O)NCc3ccc(-n4ccnc4)c(F)c3)oc3ccccc23)n1. The van der Waals surface area contributed by atoms with E-state index in [0.29, 0.717) is 22.6 Å². The normalized spacial score (nSPS) is 11.2. The minimum Gasteiger partial charge on any atom is -0.451 e. The zero-order valence-electron chi connectivity index (χ0n) is 17.6. The van der Waals surface area contributed by atoms with Crippen LogP contribution < -0.4 is 5.32 Å². The van der Waals surface area contributed by atoms with Crippen molar-refractivity contribution in [3.63, 3.8) is 0 Å². The van der Waals surface area contributed by atoms with Crippen molar-refractivity contribution < 1.29 is 13.6 Å². The van der Waals surface area contributed by atoms with Crippen molar-refractivity contribution in [3.8, 4) is 5.69 Å². The van der Waals surface area contributed by atoms with Gasteiger partial charge in [0.1, 0.15) is 15.7 Å². The number of para-hydroxylation sites is 1. The van der Waals surface area contributed by atoms with Crippen LogP contribution in [0.4, 0.5) is 4.39 Å². The third-order valence-electron chi connectivity index (χ3n) is 5.09. The lowest BCUT2D eigenvalue weighted by Crippen LogP contribution is -2.23. The van der Waals surface area contributed by atoms with Crippen molar-refractivity contribution in [1.29, 1.82) is 0 Å². The molecule has 0 atom stereocenters. The van der Waals surface area contributed by atoms with E-state index in [1.165, 1.54) is 12.4 Å². The van der Waals surface area contributed by atoms with Crippen LogP contribution in [0.2, 0.25) is 0 Å². The molecule has 6 nitrogen and oxygen atoms in total. The Bertz CT molecular complexity index is 1430. The van der Waals surface area contributed by atoms with Crippen LogP contribution in [0, 0.1) is 12.7 Å². The van der Waals surface area contributed by atoms with Crippen molar-refractivity contribution in [2.24, 2.45) is 0 Å². The van der Waals surface area contributed by atoms with E-state index in [0.717, 1.165) is 21.0 Å². The first-order valence-electron chi connectivity index (χ1n) is 10.2. The predicted octanol–water partition coefficient (Wildman–Crippen LogP) is 5.74. The van der Waals surface area contributed by atoms with E-state index in [2.05, 4.69) is 15.3 Å². The first-order valence-corrected chi connectivity index (χ1v) is 12.1. The van der Waals surface area contributed by atoms with Crippen molar-refractivity contribution in [1.82, 2.24) is 19.9 Å². The third-order valence-corrected chi connectivity index (χ3v) is 7.26. The number of hydrogen-bond acceptors (Lipinski definition) is 6. The number of imidazole rings is 1. The standard InChI is InChI=1S/C24H19FN4O2S2/c1-15-12-32-24(28-15)33-13-18-17-4-2-3-5-21(17)31-22(18)23(30)27-11-16-6-7-20(19(25)10-16)29-9-8-26-14-29/h2-10,12,14H,11,13H2,1H3,(H,27,30). The van der Waals surface area contributed by atoms with Gasteiger partial charge in [-0.2, -0.15) is 0 Å². The van der Waals surface area contributed by atoms with Gasteiger partial charge in [-0.3, -0.25) is 4.79 Å². The Morgan fingerprint density at radius 2 is 2.15 bits per heavy atom. The molecule has 9 heteroatoms. The number of carbonyl (C=O) groups is 1. The molecule has 0 aliphatic rings. The van der Waals surface area contributed by atoms with Crippen molar-refractivity contribution in [2.75, 3.05) is 0 Å². The second kappa shape index (κ2) is 9.21. The number of rotatable bonds is 7. The number of aromatic nitrogens is 3. The number of hydrogen-bond donors (Lipinski definition) is 1. The average Bonchev–Trinajstić information content (AvgIpc) is 3.56. The summed E-state index contributed by atoms with van der Waals surface area (Å²) in [5.74, 6) is 0.101. The molecule has 166 valence electrons. The lowest BCUT2D eigenvalue weighted by atomic mass is 10.1. The summed E-state index contributed by atoms with van der Waals surface area (Å²) in [7, 11) is 0. The van der Waals surface area contributed by atoms with Crippen LogP contribution in [0.3, 0.4) is 0 Å². The maximum Gasteiger partial charge on any atom is 0.287 e. The fourth-order valence-electron chi connectivity index (χ4n) is 3.49. The molecule has 1 N–H and O–H groups in total. The zero-order valence-corrected chi connectivity index (χ0v) is 19.3. The Labute approximate surface area is 197 Å². The van der Waals surface area contributed by atoms with E-state index < -0.39 is 0 Å². The first kappa shape index (κ1) is 21.4. The van der Waals surface area contributed by atoms with Crippen molar-refractivity contribution >= 4 is 40.0 Å². The van der Waals surface area contributed by atoms with E-state index >= 15 is 0 Å². The molecule has 0 aliphatic heterocycles. The van der Waals surface area contributed by atoms with Crippen molar-refractivity contribution in [3.05, 3.63) is 95.0 Å². The largest absolute Gasteiger partial charge is 0.451 e. The quantitative estimate of drug-likeness (QED) is 0.302. The van der Waals surface area contributed by atoms with E-state index in [9.17, 15) is 9.18 Å². The third kappa shape index (κ3) is 4.55. The molecular weight excluding hydrogens is 459 g/mol. The number of aryl methyl sites for hydroxylation is 1. The molecular formula is C24H19FN4O2S2. The summed E-state index contributed by atoms with van der Waals surface area (Å²) in [4.78, 5) is 21.5. The number of thiazole rings is 1. The Kier molecular flexibility index (Phi) is 5.97. The molecule has 0 saturated carbocycles. The monoisotopic (exact) mass is 478 g/mol. The Hall–Kier alpha value is -3.43. The molecule has 0 bridgehead atoms. The fourth-order valence-corrected chi connectivity index (χ4v) is 5.37. The molecule has 5 rings (SSSR count). The van der Waals surface area contributed by atoms with Crippen LogP contribution >= 0.6 is 23.1 Å². The van der Waals surface area contributed by atoms with E-state index in [1.807, 2.05) is 36.6 Å². The van der Waals surface area contributed by atoms with E-state index in [-0.39, 0.29) is 24.0 Å². The van der Waals surface area contributed by atoms with Crippen LogP contribution in [0.5, 0.6) is 0 Å². The van der Waals surface area contributed by atoms with Gasteiger partial charge in [0.15, 0.2) is 5.76 Å². The predicted molar refractivity (Wildman–Crippen MR) is 127 cm³/mol. The van der Waals surface area contributed by atoms with Gasteiger partial charge in [0.25, 0.3) is 5.91 Å². The minimum absolute atomic E-state index is 0.176. The second-order valence-electron chi connectivity index (χ2n) is 7.39. The smallest absolute Gasteiger partial charge is 0.287 e. The highest BCUT2D eigenvalue weighted by molar-refractivity contribution is 8.00. The summed E-state index contributed by atoms with van der Waals surface area (Å²) < 4.78 is 23.0. The Balaban J connectivity index is 1.34. The molecule has 0 radical (unpaired) electrons. The molecule has 0 saturated heterocycles. The summed E-state index contributed by atoms with van der Waals surface area (Å²) in [6.45, 7) is 2.13. The van der Waals surface area contributed by atoms with E-state index in [4.69, 9.17) is 4.42 Å². The Morgan fingerprint density at radius 1 is 1.27 bits per heavy atom. The summed E-state index contributed by atoms with van der Waals surface area (Å²) in [5.41, 5.74) is 3.50. The number of carbonyl (C=O) groups excluding carboxylic acids is 1. The molecule has 3 aromatic heterocycles. The van der Waals surface area contributed by atoms with E-state index in [1.54, 1.807) is 52.2 Å². The Morgan fingerprint density at radius 3 is 2.91 bits per heavy atom. The molecule has 2 aromatic carbocycles. The number of nitrogens with one attached hydrogen (secondary N) is 1. The van der Waals surface area contributed by atoms with Gasteiger partial charge in [-0.05, 0) is 30.7 Å². The number of furan rings is 1. The molecule has 0 unspecified atom stereocenters. The topological polar surface area (TPSA) is 73.0 Å². The summed E-state index contributed by atoms with van der Waals surface area (Å²) in [5, 5.41) is 5.76. The summed E-state index contributed by atoms with van der Waals surface area (Å²) >= 11 is 3.15. The maximum absolute atomic E-state index is 14.5. The van der Waals surface area contributed by atoms with Gasteiger partial charge < -0.3 is 14.3 Å². The highest BCUT2D eigenvalue weighted by atomic mass is 32.2. The van der Waals surface area contributed by atoms with Crippen LogP contribution in [-0.4, -0.2) is 20.4 Å². The lowest BCUT2D eigenvalue weighted by Gasteiger charge is -2.08. The molecule has 0 fully saturated rings. The summed E-state index contributed by atoms with van der Waals surface area (Å²) in [6.07, 6.45) is 4.80. The number of fused-ring (bicyclic) bond motifs is 1. The van der Waals surface area contributed by atoms with Crippen molar-refractivity contribution in [2.45, 2.75) is 23.6 Å². The molecule has 0 spiro atoms. The molecule has 1 amide bonds. The number of halogens is 1. The number of nitrogens with zero attached hydrogens (tertiary/aromatic N) is 3. The zero-order chi connectivity index (χ0) is 22.8. The lowest BCUT2D eigenvalue weighted by molar-refractivity contribution is 0.0924. The van der Waals surface area contributed by atoms with Gasteiger partial charge in [0.05, 0.1) is 12.0 Å².